The Labute approximate surface area is 97.9 Å². The first-order valence-electron chi connectivity index (χ1n) is 5.42. The van der Waals surface area contributed by atoms with Crippen molar-refractivity contribution in [1.29, 1.82) is 0 Å². The van der Waals surface area contributed by atoms with Crippen LogP contribution in [0.25, 0.3) is 6.08 Å². The van der Waals surface area contributed by atoms with Crippen LogP contribution in [0.4, 0.5) is 8.78 Å². The Balaban J connectivity index is 1.95. The Morgan fingerprint density at radius 3 is 2.47 bits per heavy atom. The van der Waals surface area contributed by atoms with Gasteiger partial charge in [-0.2, -0.15) is 8.78 Å². The van der Waals surface area contributed by atoms with E-state index in [-0.39, 0.29) is 17.5 Å². The van der Waals surface area contributed by atoms with Crippen LogP contribution in [0.2, 0.25) is 0 Å². The minimum atomic E-state index is -2.81. The summed E-state index contributed by atoms with van der Waals surface area (Å²) in [5.74, 6) is 0.455. The fraction of sp³-hybridized carbons (Fsp3) is 0.308. The molecule has 0 unspecified atom stereocenters. The lowest BCUT2D eigenvalue weighted by Gasteiger charge is -2.03. The third-order valence-corrected chi connectivity index (χ3v) is 2.53. The molecule has 1 aliphatic rings. The summed E-state index contributed by atoms with van der Waals surface area (Å²) >= 11 is 0. The first kappa shape index (κ1) is 11.8. The third kappa shape index (κ3) is 3.66. The maximum atomic E-state index is 11.9. The van der Waals surface area contributed by atoms with Crippen molar-refractivity contribution in [2.24, 2.45) is 5.92 Å². The van der Waals surface area contributed by atoms with Crippen molar-refractivity contribution >= 4 is 11.9 Å². The molecule has 0 N–H and O–H groups in total. The fourth-order valence-corrected chi connectivity index (χ4v) is 1.44. The molecule has 1 aromatic rings. The Morgan fingerprint density at radius 2 is 1.94 bits per heavy atom. The molecule has 0 aliphatic heterocycles. The van der Waals surface area contributed by atoms with Crippen molar-refractivity contribution in [3.63, 3.8) is 0 Å². The number of carbonyl (C=O) groups excluding carboxylic acids is 1. The largest absolute Gasteiger partial charge is 0.435 e. The molecule has 0 radical (unpaired) electrons. The number of allylic oxidation sites excluding steroid dienone is 1. The minimum Gasteiger partial charge on any atom is -0.435 e. The Kier molecular flexibility index (Phi) is 3.52. The van der Waals surface area contributed by atoms with E-state index in [0.717, 1.165) is 18.4 Å². The summed E-state index contributed by atoms with van der Waals surface area (Å²) in [6.07, 6.45) is 5.18. The van der Waals surface area contributed by atoms with E-state index < -0.39 is 6.61 Å². The third-order valence-electron chi connectivity index (χ3n) is 2.53. The molecule has 0 aromatic heterocycles. The molecule has 2 rings (SSSR count). The van der Waals surface area contributed by atoms with Gasteiger partial charge in [0.05, 0.1) is 0 Å². The van der Waals surface area contributed by atoms with E-state index in [0.29, 0.717) is 0 Å². The summed E-state index contributed by atoms with van der Waals surface area (Å²) in [6, 6.07) is 6.17. The molecule has 90 valence electrons. The predicted octanol–water partition coefficient (Wildman–Crippen LogP) is 3.28. The number of hydrogen-bond donors (Lipinski definition) is 0. The van der Waals surface area contributed by atoms with E-state index in [1.54, 1.807) is 24.3 Å². The zero-order chi connectivity index (χ0) is 12.3. The number of halogens is 2. The van der Waals surface area contributed by atoms with Crippen LogP contribution in [0.5, 0.6) is 5.75 Å². The zero-order valence-electron chi connectivity index (χ0n) is 9.11. The van der Waals surface area contributed by atoms with Crippen LogP contribution in [0.3, 0.4) is 0 Å². The number of alkyl halides is 2. The van der Waals surface area contributed by atoms with E-state index in [9.17, 15) is 13.6 Å². The van der Waals surface area contributed by atoms with Gasteiger partial charge >= 0.3 is 6.61 Å². The van der Waals surface area contributed by atoms with Gasteiger partial charge in [-0.25, -0.2) is 0 Å². The van der Waals surface area contributed by atoms with Gasteiger partial charge in [0.15, 0.2) is 5.78 Å². The average Bonchev–Trinajstić information content (AvgIpc) is 3.11. The Bertz CT molecular complexity index is 420. The van der Waals surface area contributed by atoms with Crippen LogP contribution in [-0.2, 0) is 4.79 Å². The van der Waals surface area contributed by atoms with Gasteiger partial charge < -0.3 is 4.74 Å². The summed E-state index contributed by atoms with van der Waals surface area (Å²) in [4.78, 5) is 11.4. The molecule has 1 saturated carbocycles. The highest BCUT2D eigenvalue weighted by atomic mass is 19.3. The van der Waals surface area contributed by atoms with Crippen LogP contribution >= 0.6 is 0 Å². The van der Waals surface area contributed by atoms with Crippen LogP contribution in [-0.4, -0.2) is 12.4 Å². The Morgan fingerprint density at radius 1 is 1.29 bits per heavy atom. The average molecular weight is 238 g/mol. The molecule has 0 bridgehead atoms. The van der Waals surface area contributed by atoms with Gasteiger partial charge in [-0.05, 0) is 36.6 Å². The highest BCUT2D eigenvalue weighted by molar-refractivity contribution is 5.96. The monoisotopic (exact) mass is 238 g/mol. The second-order valence-electron chi connectivity index (χ2n) is 3.96. The second-order valence-corrected chi connectivity index (χ2v) is 3.96. The summed E-state index contributed by atoms with van der Waals surface area (Å²) < 4.78 is 28.0. The van der Waals surface area contributed by atoms with Crippen LogP contribution in [0.1, 0.15) is 18.4 Å². The van der Waals surface area contributed by atoms with Crippen molar-refractivity contribution in [3.05, 3.63) is 35.9 Å². The van der Waals surface area contributed by atoms with E-state index >= 15 is 0 Å². The molecule has 0 atom stereocenters. The number of rotatable bonds is 5. The van der Waals surface area contributed by atoms with Gasteiger partial charge in [-0.1, -0.05) is 18.2 Å². The lowest BCUT2D eigenvalue weighted by molar-refractivity contribution is -0.115. The van der Waals surface area contributed by atoms with Gasteiger partial charge in [-0.3, -0.25) is 4.79 Å². The SMILES string of the molecule is O=C(/C=C/c1ccc(OC(F)F)cc1)C1CC1. The predicted molar refractivity (Wildman–Crippen MR) is 59.8 cm³/mol. The summed E-state index contributed by atoms with van der Waals surface area (Å²) in [5.41, 5.74) is 0.792. The van der Waals surface area contributed by atoms with Crippen LogP contribution in [0.15, 0.2) is 30.3 Å². The summed E-state index contributed by atoms with van der Waals surface area (Å²) in [5, 5.41) is 0. The van der Waals surface area contributed by atoms with Crippen LogP contribution in [0, 0.1) is 5.92 Å². The first-order valence-corrected chi connectivity index (χ1v) is 5.42. The molecule has 2 nitrogen and oxygen atoms in total. The zero-order valence-corrected chi connectivity index (χ0v) is 9.11. The Hall–Kier alpha value is -1.71. The van der Waals surface area contributed by atoms with E-state index in [2.05, 4.69) is 4.74 Å². The molecule has 0 spiro atoms. The second kappa shape index (κ2) is 5.08. The molecule has 1 fully saturated rings. The highest BCUT2D eigenvalue weighted by Crippen LogP contribution is 2.30. The van der Waals surface area contributed by atoms with Gasteiger partial charge in [0.25, 0.3) is 0 Å². The van der Waals surface area contributed by atoms with E-state index in [1.807, 2.05) is 0 Å². The van der Waals surface area contributed by atoms with Gasteiger partial charge in [0, 0.05) is 5.92 Å². The summed E-state index contributed by atoms with van der Waals surface area (Å²) in [6.45, 7) is -2.81. The number of ether oxygens (including phenoxy) is 1. The van der Waals surface area contributed by atoms with Gasteiger partial charge in [0.2, 0.25) is 0 Å². The molecule has 4 heteroatoms. The van der Waals surface area contributed by atoms with Gasteiger partial charge in [0.1, 0.15) is 5.75 Å². The van der Waals surface area contributed by atoms with Crippen molar-refractivity contribution in [2.75, 3.05) is 0 Å². The molecule has 0 heterocycles. The number of hydrogen-bond acceptors (Lipinski definition) is 2. The topological polar surface area (TPSA) is 26.3 Å². The van der Waals surface area contributed by atoms with Crippen molar-refractivity contribution in [3.8, 4) is 5.75 Å². The van der Waals surface area contributed by atoms with E-state index in [4.69, 9.17) is 0 Å². The quantitative estimate of drug-likeness (QED) is 0.736. The van der Waals surface area contributed by atoms with Crippen molar-refractivity contribution in [2.45, 2.75) is 19.5 Å². The molecule has 0 saturated heterocycles. The minimum absolute atomic E-state index is 0.116. The maximum Gasteiger partial charge on any atom is 0.387 e. The highest BCUT2D eigenvalue weighted by Gasteiger charge is 2.27. The first-order chi connectivity index (χ1) is 8.15. The molecule has 0 amide bonds. The smallest absolute Gasteiger partial charge is 0.387 e. The van der Waals surface area contributed by atoms with Crippen molar-refractivity contribution < 1.29 is 18.3 Å². The molecule has 17 heavy (non-hydrogen) atoms. The molecular weight excluding hydrogens is 226 g/mol. The summed E-state index contributed by atoms with van der Waals surface area (Å²) in [7, 11) is 0. The molecule has 1 aromatic carbocycles. The number of carbonyl (C=O) groups is 1. The number of benzene rings is 1. The molecule has 1 aliphatic carbocycles. The van der Waals surface area contributed by atoms with E-state index in [1.165, 1.54) is 12.1 Å². The standard InChI is InChI=1S/C13H12F2O2/c14-13(15)17-11-6-1-9(2-7-11)3-8-12(16)10-4-5-10/h1-3,6-8,10,13H,4-5H2/b8-3+. The van der Waals surface area contributed by atoms with Gasteiger partial charge in [-0.15, -0.1) is 0 Å². The van der Waals surface area contributed by atoms with Crippen LogP contribution < -0.4 is 4.74 Å². The molecular formula is C13H12F2O2. The normalized spacial score (nSPS) is 15.5. The lowest BCUT2D eigenvalue weighted by atomic mass is 10.1. The van der Waals surface area contributed by atoms with Crippen molar-refractivity contribution in [1.82, 2.24) is 0 Å². The lowest BCUT2D eigenvalue weighted by Crippen LogP contribution is -2.01. The number of ketones is 1. The maximum absolute atomic E-state index is 11.9. The fourth-order valence-electron chi connectivity index (χ4n) is 1.44.